The predicted molar refractivity (Wildman–Crippen MR) is 67.9 cm³/mol. The lowest BCUT2D eigenvalue weighted by molar-refractivity contribution is 0.414. The van der Waals surface area contributed by atoms with Gasteiger partial charge in [0.15, 0.2) is 11.6 Å². The van der Waals surface area contributed by atoms with E-state index in [1.807, 2.05) is 12.1 Å². The SMILES string of the molecule is COc1cccnc1NC(C)CCC(C)C. The van der Waals surface area contributed by atoms with E-state index in [0.29, 0.717) is 6.04 Å². The minimum absolute atomic E-state index is 0.422. The molecule has 1 atom stereocenters. The van der Waals surface area contributed by atoms with E-state index in [4.69, 9.17) is 4.74 Å². The molecule has 0 bridgehead atoms. The van der Waals surface area contributed by atoms with Crippen LogP contribution in [0.5, 0.6) is 5.75 Å². The van der Waals surface area contributed by atoms with E-state index in [0.717, 1.165) is 23.9 Å². The number of anilines is 1. The molecule has 1 aromatic rings. The van der Waals surface area contributed by atoms with Crippen LogP contribution < -0.4 is 10.1 Å². The van der Waals surface area contributed by atoms with Gasteiger partial charge in [-0.15, -0.1) is 0 Å². The van der Waals surface area contributed by atoms with E-state index in [1.54, 1.807) is 13.3 Å². The molecule has 0 aliphatic rings. The number of aromatic nitrogens is 1. The third-order valence-electron chi connectivity index (χ3n) is 2.55. The minimum atomic E-state index is 0.422. The molecule has 0 saturated carbocycles. The van der Waals surface area contributed by atoms with E-state index < -0.39 is 0 Å². The van der Waals surface area contributed by atoms with Crippen LogP contribution in [0.3, 0.4) is 0 Å². The molecule has 1 rings (SSSR count). The molecule has 0 aliphatic heterocycles. The van der Waals surface area contributed by atoms with Gasteiger partial charge in [0.1, 0.15) is 0 Å². The second-order valence-electron chi connectivity index (χ2n) is 4.57. The van der Waals surface area contributed by atoms with Gasteiger partial charge in [-0.2, -0.15) is 0 Å². The molecule has 1 unspecified atom stereocenters. The summed E-state index contributed by atoms with van der Waals surface area (Å²) in [7, 11) is 1.67. The van der Waals surface area contributed by atoms with Crippen molar-refractivity contribution in [1.29, 1.82) is 0 Å². The van der Waals surface area contributed by atoms with Gasteiger partial charge in [-0.05, 0) is 37.8 Å². The Bertz CT molecular complexity index is 313. The first-order chi connectivity index (χ1) is 7.63. The number of nitrogens with one attached hydrogen (secondary N) is 1. The number of hydrogen-bond donors (Lipinski definition) is 1. The van der Waals surface area contributed by atoms with Crippen molar-refractivity contribution in [2.45, 2.75) is 39.7 Å². The maximum absolute atomic E-state index is 5.25. The quantitative estimate of drug-likeness (QED) is 0.801. The van der Waals surface area contributed by atoms with Gasteiger partial charge in [0.2, 0.25) is 0 Å². The fraction of sp³-hybridized carbons (Fsp3) is 0.615. The molecule has 1 N–H and O–H groups in total. The Morgan fingerprint density at radius 3 is 2.69 bits per heavy atom. The van der Waals surface area contributed by atoms with E-state index in [1.165, 1.54) is 6.42 Å². The summed E-state index contributed by atoms with van der Waals surface area (Å²) in [6, 6.07) is 4.22. The second-order valence-corrected chi connectivity index (χ2v) is 4.57. The van der Waals surface area contributed by atoms with Crippen molar-refractivity contribution in [3.8, 4) is 5.75 Å². The van der Waals surface area contributed by atoms with Crippen LogP contribution in [0.2, 0.25) is 0 Å². The smallest absolute Gasteiger partial charge is 0.168 e. The molecule has 90 valence electrons. The molecular formula is C13H22N2O. The second kappa shape index (κ2) is 6.36. The highest BCUT2D eigenvalue weighted by atomic mass is 16.5. The molecule has 0 saturated heterocycles. The summed E-state index contributed by atoms with van der Waals surface area (Å²) >= 11 is 0. The summed E-state index contributed by atoms with van der Waals surface area (Å²) in [5.74, 6) is 2.38. The molecule has 0 amide bonds. The molecule has 0 spiro atoms. The largest absolute Gasteiger partial charge is 0.493 e. The molecular weight excluding hydrogens is 200 g/mol. The van der Waals surface area contributed by atoms with Crippen LogP contribution in [0.15, 0.2) is 18.3 Å². The molecule has 3 nitrogen and oxygen atoms in total. The van der Waals surface area contributed by atoms with Gasteiger partial charge < -0.3 is 10.1 Å². The third-order valence-corrected chi connectivity index (χ3v) is 2.55. The molecule has 1 heterocycles. The van der Waals surface area contributed by atoms with Crippen LogP contribution in [0, 0.1) is 5.92 Å². The fourth-order valence-corrected chi connectivity index (χ4v) is 1.55. The van der Waals surface area contributed by atoms with Crippen molar-refractivity contribution < 1.29 is 4.74 Å². The highest BCUT2D eigenvalue weighted by Crippen LogP contribution is 2.21. The maximum Gasteiger partial charge on any atom is 0.168 e. The Hall–Kier alpha value is -1.25. The Morgan fingerprint density at radius 2 is 2.06 bits per heavy atom. The fourth-order valence-electron chi connectivity index (χ4n) is 1.55. The van der Waals surface area contributed by atoms with Crippen LogP contribution >= 0.6 is 0 Å². The maximum atomic E-state index is 5.25. The normalized spacial score (nSPS) is 12.6. The van der Waals surface area contributed by atoms with Crippen molar-refractivity contribution in [2.24, 2.45) is 5.92 Å². The Morgan fingerprint density at radius 1 is 1.31 bits per heavy atom. The van der Waals surface area contributed by atoms with Crippen LogP contribution in [-0.4, -0.2) is 18.1 Å². The van der Waals surface area contributed by atoms with Gasteiger partial charge in [0, 0.05) is 12.2 Å². The summed E-state index contributed by atoms with van der Waals surface area (Å²) in [6.07, 6.45) is 4.15. The standard InChI is InChI=1S/C13H22N2O/c1-10(2)7-8-11(3)15-13-12(16-4)6-5-9-14-13/h5-6,9-11H,7-8H2,1-4H3,(H,14,15). The molecule has 1 aromatic heterocycles. The zero-order chi connectivity index (χ0) is 12.0. The van der Waals surface area contributed by atoms with Crippen LogP contribution in [-0.2, 0) is 0 Å². The average Bonchev–Trinajstić information content (AvgIpc) is 2.27. The minimum Gasteiger partial charge on any atom is -0.493 e. The first-order valence-corrected chi connectivity index (χ1v) is 5.89. The van der Waals surface area contributed by atoms with E-state index in [9.17, 15) is 0 Å². The predicted octanol–water partition coefficient (Wildman–Crippen LogP) is 3.33. The number of hydrogen-bond acceptors (Lipinski definition) is 3. The number of nitrogens with zero attached hydrogens (tertiary/aromatic N) is 1. The summed E-state index contributed by atoms with van der Waals surface area (Å²) in [5, 5.41) is 3.38. The van der Waals surface area contributed by atoms with Crippen molar-refractivity contribution in [3.05, 3.63) is 18.3 Å². The van der Waals surface area contributed by atoms with Gasteiger partial charge in [0.05, 0.1) is 7.11 Å². The van der Waals surface area contributed by atoms with Crippen molar-refractivity contribution in [1.82, 2.24) is 4.98 Å². The highest BCUT2D eigenvalue weighted by Gasteiger charge is 2.08. The van der Waals surface area contributed by atoms with Crippen LogP contribution in [0.1, 0.15) is 33.6 Å². The van der Waals surface area contributed by atoms with Crippen LogP contribution in [0.4, 0.5) is 5.82 Å². The van der Waals surface area contributed by atoms with Gasteiger partial charge in [0.25, 0.3) is 0 Å². The van der Waals surface area contributed by atoms with E-state index in [2.05, 4.69) is 31.1 Å². The lowest BCUT2D eigenvalue weighted by Gasteiger charge is -2.17. The lowest BCUT2D eigenvalue weighted by atomic mass is 10.0. The summed E-state index contributed by atoms with van der Waals surface area (Å²) in [4.78, 5) is 4.28. The highest BCUT2D eigenvalue weighted by molar-refractivity contribution is 5.49. The number of ether oxygens (including phenoxy) is 1. The average molecular weight is 222 g/mol. The first-order valence-electron chi connectivity index (χ1n) is 5.89. The Labute approximate surface area is 98.2 Å². The van der Waals surface area contributed by atoms with E-state index in [-0.39, 0.29) is 0 Å². The third kappa shape index (κ3) is 4.09. The van der Waals surface area contributed by atoms with Gasteiger partial charge in [-0.1, -0.05) is 13.8 Å². The van der Waals surface area contributed by atoms with Gasteiger partial charge in [-0.25, -0.2) is 4.98 Å². The molecule has 3 heteroatoms. The van der Waals surface area contributed by atoms with Crippen molar-refractivity contribution in [3.63, 3.8) is 0 Å². The monoisotopic (exact) mass is 222 g/mol. The molecule has 0 aliphatic carbocycles. The number of rotatable bonds is 6. The van der Waals surface area contributed by atoms with Crippen molar-refractivity contribution in [2.75, 3.05) is 12.4 Å². The number of pyridine rings is 1. The topological polar surface area (TPSA) is 34.1 Å². The Kier molecular flexibility index (Phi) is 5.09. The Balaban J connectivity index is 2.51. The van der Waals surface area contributed by atoms with E-state index >= 15 is 0 Å². The summed E-state index contributed by atoms with van der Waals surface area (Å²) in [6.45, 7) is 6.67. The first kappa shape index (κ1) is 12.8. The zero-order valence-electron chi connectivity index (χ0n) is 10.7. The van der Waals surface area contributed by atoms with Gasteiger partial charge >= 0.3 is 0 Å². The molecule has 0 fully saturated rings. The number of methoxy groups -OCH3 is 1. The van der Waals surface area contributed by atoms with Crippen LogP contribution in [0.25, 0.3) is 0 Å². The summed E-state index contributed by atoms with van der Waals surface area (Å²) in [5.41, 5.74) is 0. The molecule has 16 heavy (non-hydrogen) atoms. The molecule has 0 aromatic carbocycles. The van der Waals surface area contributed by atoms with Crippen molar-refractivity contribution >= 4 is 5.82 Å². The molecule has 0 radical (unpaired) electrons. The zero-order valence-corrected chi connectivity index (χ0v) is 10.7. The lowest BCUT2D eigenvalue weighted by Crippen LogP contribution is -2.17. The summed E-state index contributed by atoms with van der Waals surface area (Å²) < 4.78 is 5.25. The van der Waals surface area contributed by atoms with Gasteiger partial charge in [-0.3, -0.25) is 0 Å².